The molecule has 4 rings (SSSR count). The topological polar surface area (TPSA) is 59.2 Å². The Kier molecular flexibility index (Phi) is 4.70. The molecule has 0 bridgehead atoms. The predicted molar refractivity (Wildman–Crippen MR) is 103 cm³/mol. The Labute approximate surface area is 163 Å². The van der Waals surface area contributed by atoms with Crippen molar-refractivity contribution in [3.05, 3.63) is 70.1 Å². The number of aromatic nitrogens is 2. The zero-order chi connectivity index (χ0) is 19.0. The van der Waals surface area contributed by atoms with E-state index in [0.29, 0.717) is 36.1 Å². The molecule has 1 aliphatic heterocycles. The third kappa shape index (κ3) is 3.60. The molecule has 2 heterocycles. The molecule has 0 saturated carbocycles. The van der Waals surface area contributed by atoms with Gasteiger partial charge in [0, 0.05) is 23.6 Å². The molecular formula is C21H20ClN3O2. The molecule has 3 aromatic rings. The van der Waals surface area contributed by atoms with Crippen LogP contribution in [0.2, 0.25) is 5.02 Å². The number of hydrogen-bond acceptors (Lipinski definition) is 4. The van der Waals surface area contributed by atoms with Gasteiger partial charge in [0.15, 0.2) is 0 Å². The largest absolute Gasteiger partial charge is 0.337 e. The number of hydrogen-bond donors (Lipinski definition) is 0. The fraction of sp³-hybridized carbons (Fsp3) is 0.286. The van der Waals surface area contributed by atoms with Crippen molar-refractivity contribution >= 4 is 17.5 Å². The molecule has 0 spiro atoms. The van der Waals surface area contributed by atoms with Crippen LogP contribution in [-0.4, -0.2) is 20.9 Å². The molecule has 1 unspecified atom stereocenters. The minimum atomic E-state index is -0.205. The molecule has 138 valence electrons. The molecule has 0 aliphatic carbocycles. The van der Waals surface area contributed by atoms with Crippen molar-refractivity contribution in [2.45, 2.75) is 39.3 Å². The highest BCUT2D eigenvalue weighted by atomic mass is 35.5. The van der Waals surface area contributed by atoms with Crippen LogP contribution in [0, 0.1) is 13.8 Å². The average molecular weight is 382 g/mol. The third-order valence-corrected chi connectivity index (χ3v) is 5.15. The first-order valence-electron chi connectivity index (χ1n) is 8.96. The van der Waals surface area contributed by atoms with E-state index in [2.05, 4.69) is 23.1 Å². The lowest BCUT2D eigenvalue weighted by molar-refractivity contribution is -0.129. The van der Waals surface area contributed by atoms with E-state index < -0.39 is 0 Å². The zero-order valence-electron chi connectivity index (χ0n) is 15.3. The monoisotopic (exact) mass is 381 g/mol. The summed E-state index contributed by atoms with van der Waals surface area (Å²) in [5.41, 5.74) is 4.22. The fourth-order valence-corrected chi connectivity index (χ4v) is 3.78. The second-order valence-corrected chi connectivity index (χ2v) is 7.42. The average Bonchev–Trinajstić information content (AvgIpc) is 3.23. The van der Waals surface area contributed by atoms with Crippen LogP contribution in [0.4, 0.5) is 0 Å². The van der Waals surface area contributed by atoms with Crippen LogP contribution in [0.1, 0.15) is 41.5 Å². The van der Waals surface area contributed by atoms with Crippen molar-refractivity contribution < 1.29 is 9.32 Å². The smallest absolute Gasteiger partial charge is 0.249 e. The Morgan fingerprint density at radius 2 is 2.07 bits per heavy atom. The van der Waals surface area contributed by atoms with Gasteiger partial charge in [-0.05, 0) is 43.5 Å². The molecule has 27 heavy (non-hydrogen) atoms. The molecule has 1 aliphatic rings. The first kappa shape index (κ1) is 17.7. The van der Waals surface area contributed by atoms with Crippen molar-refractivity contribution in [3.8, 4) is 11.4 Å². The number of carbonyl (C=O) groups excluding carboxylic acids is 1. The predicted octanol–water partition coefficient (Wildman–Crippen LogP) is 4.87. The molecule has 1 saturated heterocycles. The molecule has 0 radical (unpaired) electrons. The SMILES string of the molecule is Cc1ccc(-c2noc(C3CCC(=O)N3Cc3cccc(Cl)c3)n2)c(C)c1. The van der Waals surface area contributed by atoms with E-state index in [4.69, 9.17) is 16.1 Å². The quantitative estimate of drug-likeness (QED) is 0.646. The summed E-state index contributed by atoms with van der Waals surface area (Å²) in [7, 11) is 0. The lowest BCUT2D eigenvalue weighted by Gasteiger charge is -2.22. The Balaban J connectivity index is 1.60. The van der Waals surface area contributed by atoms with E-state index >= 15 is 0 Å². The van der Waals surface area contributed by atoms with E-state index in [9.17, 15) is 4.79 Å². The highest BCUT2D eigenvalue weighted by molar-refractivity contribution is 6.30. The van der Waals surface area contributed by atoms with Crippen LogP contribution in [0.3, 0.4) is 0 Å². The standard InChI is InChI=1S/C21H20ClN3O2/c1-13-6-7-17(14(2)10-13)20-23-21(27-24-20)18-8-9-19(26)25(18)12-15-4-3-5-16(22)11-15/h3-7,10-11,18H,8-9,12H2,1-2H3. The normalized spacial score (nSPS) is 16.9. The molecule has 2 aromatic carbocycles. The highest BCUT2D eigenvalue weighted by Gasteiger charge is 2.36. The Morgan fingerprint density at radius 3 is 2.85 bits per heavy atom. The van der Waals surface area contributed by atoms with Gasteiger partial charge in [-0.2, -0.15) is 4.98 Å². The summed E-state index contributed by atoms with van der Waals surface area (Å²) < 4.78 is 5.55. The summed E-state index contributed by atoms with van der Waals surface area (Å²) >= 11 is 6.07. The zero-order valence-corrected chi connectivity index (χ0v) is 16.0. The first-order chi connectivity index (χ1) is 13.0. The fourth-order valence-electron chi connectivity index (χ4n) is 3.57. The lowest BCUT2D eigenvalue weighted by atomic mass is 10.1. The number of aryl methyl sites for hydroxylation is 2. The maximum Gasteiger partial charge on any atom is 0.249 e. The van der Waals surface area contributed by atoms with Gasteiger partial charge in [0.05, 0.1) is 0 Å². The van der Waals surface area contributed by atoms with Crippen molar-refractivity contribution in [3.63, 3.8) is 0 Å². The summed E-state index contributed by atoms with van der Waals surface area (Å²) in [6.45, 7) is 4.56. The van der Waals surface area contributed by atoms with Gasteiger partial charge in [-0.3, -0.25) is 4.79 Å². The number of nitrogens with zero attached hydrogens (tertiary/aromatic N) is 3. The second kappa shape index (κ2) is 7.16. The maximum atomic E-state index is 12.4. The third-order valence-electron chi connectivity index (χ3n) is 4.92. The minimum absolute atomic E-state index is 0.0891. The van der Waals surface area contributed by atoms with Gasteiger partial charge in [-0.1, -0.05) is 52.7 Å². The molecule has 1 amide bonds. The lowest BCUT2D eigenvalue weighted by Crippen LogP contribution is -2.27. The Morgan fingerprint density at radius 1 is 1.22 bits per heavy atom. The summed E-state index contributed by atoms with van der Waals surface area (Å²) in [6.07, 6.45) is 1.15. The molecule has 0 N–H and O–H groups in total. The van der Waals surface area contributed by atoms with E-state index in [-0.39, 0.29) is 11.9 Å². The van der Waals surface area contributed by atoms with Crippen molar-refractivity contribution in [1.82, 2.24) is 15.0 Å². The van der Waals surface area contributed by atoms with Crippen molar-refractivity contribution in [2.24, 2.45) is 0 Å². The maximum absolute atomic E-state index is 12.4. The van der Waals surface area contributed by atoms with Gasteiger partial charge in [-0.15, -0.1) is 0 Å². The van der Waals surface area contributed by atoms with Crippen LogP contribution in [0.15, 0.2) is 47.0 Å². The van der Waals surface area contributed by atoms with Crippen LogP contribution in [0.25, 0.3) is 11.4 Å². The van der Waals surface area contributed by atoms with Crippen molar-refractivity contribution in [2.75, 3.05) is 0 Å². The summed E-state index contributed by atoms with van der Waals surface area (Å²) in [6, 6.07) is 13.5. The van der Waals surface area contributed by atoms with Crippen LogP contribution in [-0.2, 0) is 11.3 Å². The van der Waals surface area contributed by atoms with Gasteiger partial charge in [-0.25, -0.2) is 0 Å². The van der Waals surface area contributed by atoms with Crippen LogP contribution in [0.5, 0.6) is 0 Å². The van der Waals surface area contributed by atoms with E-state index in [1.165, 1.54) is 5.56 Å². The molecular weight excluding hydrogens is 362 g/mol. The van der Waals surface area contributed by atoms with E-state index in [1.54, 1.807) is 4.90 Å². The number of amides is 1. The highest BCUT2D eigenvalue weighted by Crippen LogP contribution is 2.34. The number of carbonyl (C=O) groups is 1. The van der Waals surface area contributed by atoms with Gasteiger partial charge < -0.3 is 9.42 Å². The Hall–Kier alpha value is -2.66. The van der Waals surface area contributed by atoms with Crippen molar-refractivity contribution in [1.29, 1.82) is 0 Å². The summed E-state index contributed by atoms with van der Waals surface area (Å²) in [5.74, 6) is 1.13. The van der Waals surface area contributed by atoms with Gasteiger partial charge in [0.25, 0.3) is 0 Å². The van der Waals surface area contributed by atoms with Gasteiger partial charge >= 0.3 is 0 Å². The van der Waals surface area contributed by atoms with Gasteiger partial charge in [0.2, 0.25) is 17.6 Å². The molecule has 1 fully saturated rings. The summed E-state index contributed by atoms with van der Waals surface area (Å²) in [4.78, 5) is 18.8. The number of likely N-dealkylation sites (tertiary alicyclic amines) is 1. The second-order valence-electron chi connectivity index (χ2n) is 6.98. The molecule has 5 nitrogen and oxygen atoms in total. The van der Waals surface area contributed by atoms with Gasteiger partial charge in [0.1, 0.15) is 6.04 Å². The van der Waals surface area contributed by atoms with Crippen LogP contribution >= 0.6 is 11.6 Å². The molecule has 1 atom stereocenters. The molecule has 1 aromatic heterocycles. The molecule has 6 heteroatoms. The first-order valence-corrected chi connectivity index (χ1v) is 9.34. The summed E-state index contributed by atoms with van der Waals surface area (Å²) in [5, 5.41) is 4.81. The number of rotatable bonds is 4. The van der Waals surface area contributed by atoms with E-state index in [0.717, 1.165) is 16.7 Å². The van der Waals surface area contributed by atoms with E-state index in [1.807, 2.05) is 43.3 Å². The Bertz CT molecular complexity index is 999. The number of halogens is 1. The van der Waals surface area contributed by atoms with Crippen LogP contribution < -0.4 is 0 Å². The minimum Gasteiger partial charge on any atom is -0.337 e. The number of benzene rings is 2.